The fourth-order valence-corrected chi connectivity index (χ4v) is 4.31. The van der Waals surface area contributed by atoms with Crippen LogP contribution in [0.25, 0.3) is 0 Å². The number of carbonyl (C=O) groups excluding carboxylic acids is 4. The number of amides is 3. The highest BCUT2D eigenvalue weighted by Gasteiger charge is 2.37. The van der Waals surface area contributed by atoms with Gasteiger partial charge in [-0.3, -0.25) is 19.2 Å². The van der Waals surface area contributed by atoms with Gasteiger partial charge in [-0.2, -0.15) is 0 Å². The molecule has 0 saturated carbocycles. The average molecular weight is 501 g/mol. The van der Waals surface area contributed by atoms with Crippen molar-refractivity contribution in [3.8, 4) is 0 Å². The fourth-order valence-electron chi connectivity index (χ4n) is 4.31. The van der Waals surface area contributed by atoms with Crippen molar-refractivity contribution in [3.63, 3.8) is 0 Å². The monoisotopic (exact) mass is 500 g/mol. The van der Waals surface area contributed by atoms with Gasteiger partial charge in [-0.1, -0.05) is 60.7 Å². The first kappa shape index (κ1) is 25.4. The average Bonchev–Trinajstić information content (AvgIpc) is 2.99. The van der Waals surface area contributed by atoms with Crippen LogP contribution in [0.3, 0.4) is 0 Å². The van der Waals surface area contributed by atoms with Crippen molar-refractivity contribution in [2.45, 2.75) is 24.9 Å². The highest BCUT2D eigenvalue weighted by atomic mass is 16.5. The number of fused-ring (bicyclic) bond motifs is 1. The van der Waals surface area contributed by atoms with Crippen molar-refractivity contribution < 1.29 is 23.9 Å². The number of nitrogens with two attached hydrogens (primary N) is 1. The lowest BCUT2D eigenvalue weighted by molar-refractivity contribution is -0.141. The number of benzene rings is 3. The van der Waals surface area contributed by atoms with Gasteiger partial charge in [0.05, 0.1) is 30.8 Å². The zero-order valence-corrected chi connectivity index (χ0v) is 20.3. The molecule has 0 fully saturated rings. The maximum absolute atomic E-state index is 13.7. The van der Waals surface area contributed by atoms with Gasteiger partial charge in [-0.05, 0) is 29.3 Å². The van der Waals surface area contributed by atoms with Gasteiger partial charge in [0.25, 0.3) is 5.91 Å². The Morgan fingerprint density at radius 3 is 2.38 bits per heavy atom. The molecule has 0 aliphatic carbocycles. The first-order valence-electron chi connectivity index (χ1n) is 11.8. The Kier molecular flexibility index (Phi) is 7.83. The molecule has 0 saturated heterocycles. The van der Waals surface area contributed by atoms with Gasteiger partial charge in [-0.25, -0.2) is 0 Å². The molecule has 2 atom stereocenters. The smallest absolute Gasteiger partial charge is 0.307 e. The van der Waals surface area contributed by atoms with E-state index in [1.807, 2.05) is 36.4 Å². The Hall–Kier alpha value is -4.66. The number of anilines is 2. The zero-order chi connectivity index (χ0) is 26.4. The normalized spacial score (nSPS) is 15.7. The number of rotatable bonds is 8. The molecule has 9 nitrogen and oxygen atoms in total. The van der Waals surface area contributed by atoms with Crippen LogP contribution in [-0.2, 0) is 25.5 Å². The number of carbonyl (C=O) groups is 4. The summed E-state index contributed by atoms with van der Waals surface area (Å²) in [6.45, 7) is -0.400. The van der Waals surface area contributed by atoms with Crippen LogP contribution in [0.1, 0.15) is 33.9 Å². The van der Waals surface area contributed by atoms with Gasteiger partial charge >= 0.3 is 5.97 Å². The second-order valence-electron chi connectivity index (χ2n) is 8.74. The summed E-state index contributed by atoms with van der Waals surface area (Å²) in [4.78, 5) is 53.6. The lowest BCUT2D eigenvalue weighted by atomic mass is 10.0. The Morgan fingerprint density at radius 2 is 1.70 bits per heavy atom. The Labute approximate surface area is 214 Å². The molecule has 0 unspecified atom stereocenters. The van der Waals surface area contributed by atoms with Crippen molar-refractivity contribution in [2.75, 3.05) is 24.7 Å². The number of ether oxygens (including phenoxy) is 1. The summed E-state index contributed by atoms with van der Waals surface area (Å²) in [6, 6.07) is 21.3. The number of methoxy groups -OCH3 is 1. The minimum Gasteiger partial charge on any atom is -0.469 e. The summed E-state index contributed by atoms with van der Waals surface area (Å²) in [5.74, 6) is -1.93. The van der Waals surface area contributed by atoms with Gasteiger partial charge in [0.1, 0.15) is 12.6 Å². The molecule has 4 N–H and O–H groups in total. The van der Waals surface area contributed by atoms with Crippen molar-refractivity contribution in [3.05, 3.63) is 95.6 Å². The zero-order valence-electron chi connectivity index (χ0n) is 20.3. The molecule has 1 heterocycles. The van der Waals surface area contributed by atoms with Crippen molar-refractivity contribution in [1.29, 1.82) is 0 Å². The van der Waals surface area contributed by atoms with E-state index in [2.05, 4.69) is 10.6 Å². The lowest BCUT2D eigenvalue weighted by Crippen LogP contribution is -2.51. The summed E-state index contributed by atoms with van der Waals surface area (Å²) in [5, 5.41) is 5.64. The van der Waals surface area contributed by atoms with Gasteiger partial charge in [0, 0.05) is 12.1 Å². The molecule has 4 rings (SSSR count). The summed E-state index contributed by atoms with van der Waals surface area (Å²) in [5.41, 5.74) is 8.35. The molecule has 3 amide bonds. The van der Waals surface area contributed by atoms with Gasteiger partial charge in [0.15, 0.2) is 0 Å². The third-order valence-corrected chi connectivity index (χ3v) is 6.19. The molecule has 0 radical (unpaired) electrons. The molecule has 3 aromatic rings. The van der Waals surface area contributed by atoms with E-state index >= 15 is 0 Å². The maximum atomic E-state index is 13.7. The highest BCUT2D eigenvalue weighted by molar-refractivity contribution is 6.11. The number of nitrogens with one attached hydrogen (secondary N) is 2. The summed E-state index contributed by atoms with van der Waals surface area (Å²) < 4.78 is 4.80. The number of nitrogen functional groups attached to an aromatic ring is 1. The minimum atomic E-state index is -0.954. The standard InChI is InChI=1S/C28H28N4O5/c1-37-26(34)16-23(19-10-6-3-7-11-19)30-25(33)17-32-24(14-18-8-4-2-5-9-18)27(35)31-22-13-12-20(29)15-21(22)28(32)36/h2-13,15,23-24H,14,16-17,29H2,1H3,(H,30,33)(H,31,35)/t23-,24-/m0/s1. The molecular formula is C28H28N4O5. The van der Waals surface area contributed by atoms with Crippen molar-refractivity contribution in [1.82, 2.24) is 10.2 Å². The number of esters is 1. The SMILES string of the molecule is COC(=O)C[C@H](NC(=O)CN1C(=O)c2cc(N)ccc2NC(=O)[C@@H]1Cc1ccccc1)c1ccccc1. The number of hydrogen-bond donors (Lipinski definition) is 3. The van der Waals surface area contributed by atoms with E-state index in [4.69, 9.17) is 10.5 Å². The van der Waals surface area contributed by atoms with Gasteiger partial charge in [-0.15, -0.1) is 0 Å². The van der Waals surface area contributed by atoms with Gasteiger partial charge < -0.3 is 26.0 Å². The second kappa shape index (κ2) is 11.4. The first-order chi connectivity index (χ1) is 17.9. The molecular weight excluding hydrogens is 472 g/mol. The topological polar surface area (TPSA) is 131 Å². The van der Waals surface area contributed by atoms with Crippen LogP contribution in [0.2, 0.25) is 0 Å². The Morgan fingerprint density at radius 1 is 1.03 bits per heavy atom. The molecule has 190 valence electrons. The third-order valence-electron chi connectivity index (χ3n) is 6.19. The molecule has 37 heavy (non-hydrogen) atoms. The van der Waals surface area contributed by atoms with E-state index in [9.17, 15) is 19.2 Å². The van der Waals surface area contributed by atoms with Crippen LogP contribution < -0.4 is 16.4 Å². The van der Waals surface area contributed by atoms with E-state index in [1.165, 1.54) is 18.1 Å². The predicted octanol–water partition coefficient (Wildman–Crippen LogP) is 2.70. The quantitative estimate of drug-likeness (QED) is 0.322. The van der Waals surface area contributed by atoms with Crippen LogP contribution >= 0.6 is 0 Å². The van der Waals surface area contributed by atoms with Crippen molar-refractivity contribution >= 4 is 35.1 Å². The summed E-state index contributed by atoms with van der Waals surface area (Å²) >= 11 is 0. The molecule has 3 aromatic carbocycles. The fraction of sp³-hybridized carbons (Fsp3) is 0.214. The van der Waals surface area contributed by atoms with E-state index in [-0.39, 0.29) is 18.4 Å². The van der Waals surface area contributed by atoms with E-state index < -0.39 is 42.3 Å². The molecule has 1 aliphatic rings. The second-order valence-corrected chi connectivity index (χ2v) is 8.74. The predicted molar refractivity (Wildman–Crippen MR) is 138 cm³/mol. The summed E-state index contributed by atoms with van der Waals surface area (Å²) in [6.07, 6.45) is 0.118. The Balaban J connectivity index is 1.64. The van der Waals surface area contributed by atoms with E-state index in [1.54, 1.807) is 36.4 Å². The molecule has 9 heteroatoms. The van der Waals surface area contributed by atoms with Crippen molar-refractivity contribution in [2.24, 2.45) is 0 Å². The largest absolute Gasteiger partial charge is 0.469 e. The molecule has 0 aromatic heterocycles. The third kappa shape index (κ3) is 6.13. The minimum absolute atomic E-state index is 0.0898. The lowest BCUT2D eigenvalue weighted by Gasteiger charge is -2.29. The number of hydrogen-bond acceptors (Lipinski definition) is 6. The van der Waals surface area contributed by atoms with E-state index in [0.717, 1.165) is 5.56 Å². The molecule has 1 aliphatic heterocycles. The Bertz CT molecular complexity index is 1300. The van der Waals surface area contributed by atoms with E-state index in [0.29, 0.717) is 16.9 Å². The van der Waals surface area contributed by atoms with Crippen LogP contribution in [-0.4, -0.2) is 48.3 Å². The highest BCUT2D eigenvalue weighted by Crippen LogP contribution is 2.27. The van der Waals surface area contributed by atoms with Crippen LogP contribution in [0, 0.1) is 0 Å². The van der Waals surface area contributed by atoms with Crippen LogP contribution in [0.5, 0.6) is 0 Å². The van der Waals surface area contributed by atoms with Gasteiger partial charge in [0.2, 0.25) is 11.8 Å². The first-order valence-corrected chi connectivity index (χ1v) is 11.8. The van der Waals surface area contributed by atoms with Crippen LogP contribution in [0.15, 0.2) is 78.9 Å². The molecule has 0 bridgehead atoms. The molecule has 0 spiro atoms. The number of nitrogens with zero attached hydrogens (tertiary/aromatic N) is 1. The summed E-state index contributed by atoms with van der Waals surface area (Å²) in [7, 11) is 1.28. The maximum Gasteiger partial charge on any atom is 0.307 e. The van der Waals surface area contributed by atoms with Crippen LogP contribution in [0.4, 0.5) is 11.4 Å².